The van der Waals surface area contributed by atoms with E-state index in [1.165, 1.54) is 25.7 Å². The molecule has 0 aromatic rings. The van der Waals surface area contributed by atoms with E-state index in [1.54, 1.807) is 0 Å². The van der Waals surface area contributed by atoms with Gasteiger partial charge in [0, 0.05) is 0 Å². The van der Waals surface area contributed by atoms with E-state index in [9.17, 15) is 9.90 Å². The predicted molar refractivity (Wildman–Crippen MR) is 105 cm³/mol. The maximum absolute atomic E-state index is 11.4. The van der Waals surface area contributed by atoms with Gasteiger partial charge in [0.2, 0.25) is 0 Å². The highest BCUT2D eigenvalue weighted by Gasteiger charge is 2.17. The molecule has 26 heavy (non-hydrogen) atoms. The second-order valence-electron chi connectivity index (χ2n) is 6.65. The predicted octanol–water partition coefficient (Wildman–Crippen LogP) is 3.67. The molecule has 0 aromatic carbocycles. The first-order valence-electron chi connectivity index (χ1n) is 10.0. The van der Waals surface area contributed by atoms with Crippen molar-refractivity contribution in [3.8, 4) is 0 Å². The quantitative estimate of drug-likeness (QED) is 0.207. The van der Waals surface area contributed by atoms with Crippen LogP contribution in [0.1, 0.15) is 77.6 Å². The Labute approximate surface area is 158 Å². The lowest BCUT2D eigenvalue weighted by atomic mass is 10.1. The second-order valence-corrected chi connectivity index (χ2v) is 6.65. The zero-order chi connectivity index (χ0) is 19.5. The summed E-state index contributed by atoms with van der Waals surface area (Å²) in [6.45, 7) is 1.47. The van der Waals surface area contributed by atoms with Crippen molar-refractivity contribution in [2.24, 2.45) is 0 Å². The molecule has 5 nitrogen and oxygen atoms in total. The highest BCUT2D eigenvalue weighted by molar-refractivity contribution is 5.74. The van der Waals surface area contributed by atoms with Crippen molar-refractivity contribution < 1.29 is 24.9 Å². The minimum absolute atomic E-state index is 0.285. The SMILES string of the molecule is CCCCCC=CCC=CCCCCCCC(O)C(=O)OCC(O)CO. The van der Waals surface area contributed by atoms with Gasteiger partial charge in [0.25, 0.3) is 0 Å². The summed E-state index contributed by atoms with van der Waals surface area (Å²) < 4.78 is 4.71. The number of rotatable bonds is 17. The van der Waals surface area contributed by atoms with Crippen molar-refractivity contribution in [3.63, 3.8) is 0 Å². The number of hydrogen-bond acceptors (Lipinski definition) is 5. The molecule has 0 spiro atoms. The number of allylic oxidation sites excluding steroid dienone is 4. The Bertz CT molecular complexity index is 379. The molecule has 3 N–H and O–H groups in total. The molecular weight excluding hydrogens is 332 g/mol. The van der Waals surface area contributed by atoms with Crippen LogP contribution in [0.15, 0.2) is 24.3 Å². The Morgan fingerprint density at radius 2 is 1.54 bits per heavy atom. The lowest BCUT2D eigenvalue weighted by Gasteiger charge is -2.12. The summed E-state index contributed by atoms with van der Waals surface area (Å²) in [5.41, 5.74) is 0. The molecule has 0 saturated carbocycles. The molecule has 0 aliphatic heterocycles. The number of aliphatic hydroxyl groups excluding tert-OH is 3. The van der Waals surface area contributed by atoms with Crippen LogP contribution >= 0.6 is 0 Å². The number of carbonyl (C=O) groups excluding carboxylic acids is 1. The fourth-order valence-electron chi connectivity index (χ4n) is 2.42. The Morgan fingerprint density at radius 1 is 0.923 bits per heavy atom. The molecule has 0 heterocycles. The van der Waals surface area contributed by atoms with Crippen LogP contribution in [0.4, 0.5) is 0 Å². The van der Waals surface area contributed by atoms with Gasteiger partial charge in [0.15, 0.2) is 6.10 Å². The molecule has 0 rings (SSSR count). The molecule has 5 heteroatoms. The van der Waals surface area contributed by atoms with Crippen molar-refractivity contribution in [3.05, 3.63) is 24.3 Å². The van der Waals surface area contributed by atoms with Gasteiger partial charge in [0.1, 0.15) is 12.7 Å². The van der Waals surface area contributed by atoms with Gasteiger partial charge in [-0.15, -0.1) is 0 Å². The summed E-state index contributed by atoms with van der Waals surface area (Å²) in [5, 5.41) is 27.4. The summed E-state index contributed by atoms with van der Waals surface area (Å²) in [5.74, 6) is -0.733. The molecule has 2 atom stereocenters. The third-order valence-corrected chi connectivity index (χ3v) is 4.08. The summed E-state index contributed by atoms with van der Waals surface area (Å²) in [6.07, 6.45) is 18.1. The van der Waals surface area contributed by atoms with Crippen molar-refractivity contribution in [2.45, 2.75) is 89.8 Å². The van der Waals surface area contributed by atoms with Crippen LogP contribution in [-0.4, -0.2) is 46.7 Å². The molecule has 0 radical (unpaired) electrons. The van der Waals surface area contributed by atoms with Crippen LogP contribution in [0.3, 0.4) is 0 Å². The van der Waals surface area contributed by atoms with E-state index in [-0.39, 0.29) is 6.61 Å². The van der Waals surface area contributed by atoms with Crippen LogP contribution in [0, 0.1) is 0 Å². The van der Waals surface area contributed by atoms with Gasteiger partial charge in [-0.1, -0.05) is 63.3 Å². The van der Waals surface area contributed by atoms with E-state index in [4.69, 9.17) is 14.9 Å². The standard InChI is InChI=1S/C21H38O5/c1-2-3-4-5-6-7-8-9-10-11-12-13-14-15-16-20(24)21(25)26-18-19(23)17-22/h6-7,9-10,19-20,22-24H,2-5,8,11-18H2,1H3. The fourth-order valence-corrected chi connectivity index (χ4v) is 2.42. The fraction of sp³-hybridized carbons (Fsp3) is 0.762. The number of hydrogen-bond donors (Lipinski definition) is 3. The normalized spacial score (nSPS) is 14.2. The molecule has 0 amide bonds. The second kappa shape index (κ2) is 18.6. The summed E-state index contributed by atoms with van der Waals surface area (Å²) in [7, 11) is 0. The Morgan fingerprint density at radius 3 is 2.15 bits per heavy atom. The van der Waals surface area contributed by atoms with Crippen LogP contribution in [0.25, 0.3) is 0 Å². The first-order valence-corrected chi connectivity index (χ1v) is 10.0. The van der Waals surface area contributed by atoms with Gasteiger partial charge in [0.05, 0.1) is 6.61 Å². The Hall–Kier alpha value is -1.17. The number of unbranched alkanes of at least 4 members (excludes halogenated alkanes) is 7. The Kier molecular flexibility index (Phi) is 17.8. The largest absolute Gasteiger partial charge is 0.461 e. The summed E-state index contributed by atoms with van der Waals surface area (Å²) in [6, 6.07) is 0. The van der Waals surface area contributed by atoms with Crippen molar-refractivity contribution in [1.82, 2.24) is 0 Å². The number of ether oxygens (including phenoxy) is 1. The van der Waals surface area contributed by atoms with Gasteiger partial charge in [-0.05, 0) is 38.5 Å². The highest BCUT2D eigenvalue weighted by Crippen LogP contribution is 2.09. The van der Waals surface area contributed by atoms with Crippen molar-refractivity contribution >= 4 is 5.97 Å². The van der Waals surface area contributed by atoms with Gasteiger partial charge in [-0.25, -0.2) is 4.79 Å². The van der Waals surface area contributed by atoms with Crippen LogP contribution in [0.5, 0.6) is 0 Å². The molecule has 0 aliphatic carbocycles. The minimum Gasteiger partial charge on any atom is -0.461 e. The molecular formula is C21H38O5. The monoisotopic (exact) mass is 370 g/mol. The Balaban J connectivity index is 3.46. The van der Waals surface area contributed by atoms with E-state index >= 15 is 0 Å². The molecule has 0 saturated heterocycles. The average Bonchev–Trinajstić information content (AvgIpc) is 2.65. The van der Waals surface area contributed by atoms with Crippen molar-refractivity contribution in [2.75, 3.05) is 13.2 Å². The first kappa shape index (κ1) is 24.8. The zero-order valence-corrected chi connectivity index (χ0v) is 16.3. The minimum atomic E-state index is -1.15. The third-order valence-electron chi connectivity index (χ3n) is 4.08. The molecule has 0 aromatic heterocycles. The number of aliphatic hydroxyl groups is 3. The highest BCUT2D eigenvalue weighted by atomic mass is 16.6. The van der Waals surface area contributed by atoms with E-state index in [0.717, 1.165) is 38.5 Å². The van der Waals surface area contributed by atoms with E-state index in [2.05, 4.69) is 31.2 Å². The van der Waals surface area contributed by atoms with Gasteiger partial charge in [-0.2, -0.15) is 0 Å². The third kappa shape index (κ3) is 16.3. The molecule has 0 aliphatic rings. The van der Waals surface area contributed by atoms with Crippen LogP contribution < -0.4 is 0 Å². The van der Waals surface area contributed by atoms with Gasteiger partial charge in [-0.3, -0.25) is 0 Å². The smallest absolute Gasteiger partial charge is 0.335 e. The lowest BCUT2D eigenvalue weighted by Crippen LogP contribution is -2.28. The summed E-state index contributed by atoms with van der Waals surface area (Å²) >= 11 is 0. The average molecular weight is 371 g/mol. The molecule has 0 bridgehead atoms. The molecule has 2 unspecified atom stereocenters. The molecule has 0 fully saturated rings. The number of esters is 1. The van der Waals surface area contributed by atoms with Crippen LogP contribution in [0.2, 0.25) is 0 Å². The maximum atomic E-state index is 11.4. The topological polar surface area (TPSA) is 87.0 Å². The number of carbonyl (C=O) groups is 1. The van der Waals surface area contributed by atoms with Gasteiger partial charge < -0.3 is 20.1 Å². The maximum Gasteiger partial charge on any atom is 0.335 e. The first-order chi connectivity index (χ1) is 12.6. The van der Waals surface area contributed by atoms with Crippen molar-refractivity contribution in [1.29, 1.82) is 0 Å². The van der Waals surface area contributed by atoms with Crippen LogP contribution in [-0.2, 0) is 9.53 Å². The van der Waals surface area contributed by atoms with E-state index in [1.807, 2.05) is 0 Å². The molecule has 152 valence electrons. The summed E-state index contributed by atoms with van der Waals surface area (Å²) in [4.78, 5) is 11.4. The van der Waals surface area contributed by atoms with Gasteiger partial charge >= 0.3 is 5.97 Å². The van der Waals surface area contributed by atoms with E-state index in [0.29, 0.717) is 6.42 Å². The zero-order valence-electron chi connectivity index (χ0n) is 16.3. The van der Waals surface area contributed by atoms with E-state index < -0.39 is 24.8 Å². The lowest BCUT2D eigenvalue weighted by molar-refractivity contribution is -0.157.